The van der Waals surface area contributed by atoms with Crippen molar-refractivity contribution in [3.63, 3.8) is 0 Å². The van der Waals surface area contributed by atoms with Crippen molar-refractivity contribution in [3.8, 4) is 0 Å². The van der Waals surface area contributed by atoms with Crippen LogP contribution in [0, 0.1) is 0 Å². The topological polar surface area (TPSA) is 84.4 Å². The number of carbonyl (C=O) groups is 2. The molecule has 7 nitrogen and oxygen atoms in total. The zero-order chi connectivity index (χ0) is 18.2. The van der Waals surface area contributed by atoms with Crippen LogP contribution in [0.5, 0.6) is 0 Å². The number of aromatic nitrogens is 2. The van der Waals surface area contributed by atoms with Gasteiger partial charge in [-0.05, 0) is 39.0 Å². The summed E-state index contributed by atoms with van der Waals surface area (Å²) in [5.74, 6) is -0.343. The molecule has 0 saturated heterocycles. The second-order valence-corrected chi connectivity index (χ2v) is 5.13. The lowest BCUT2D eigenvalue weighted by molar-refractivity contribution is 0.0527. The van der Waals surface area contributed by atoms with Gasteiger partial charge in [-0.1, -0.05) is 12.1 Å². The van der Waals surface area contributed by atoms with Crippen LogP contribution in [0.15, 0.2) is 36.5 Å². The Kier molecular flexibility index (Phi) is 6.45. The molecular formula is C18H22N4O3. The molecule has 0 bridgehead atoms. The largest absolute Gasteiger partial charge is 0.462 e. The lowest BCUT2D eigenvalue weighted by Gasteiger charge is -2.18. The standard InChI is InChI=1S/C18H22N4O3/c1-4-22(5-2)16(23)15-11-12-19-18(21-15)20-14-10-8-7-9-13(14)17(24)25-6-3/h7-12H,4-6H2,1-3H3,(H,19,20,21). The summed E-state index contributed by atoms with van der Waals surface area (Å²) in [4.78, 5) is 34.5. The average Bonchev–Trinajstić information content (AvgIpc) is 2.63. The van der Waals surface area contributed by atoms with Crippen molar-refractivity contribution in [2.45, 2.75) is 20.8 Å². The molecule has 0 fully saturated rings. The molecule has 0 saturated carbocycles. The number of amides is 1. The van der Waals surface area contributed by atoms with E-state index in [-0.39, 0.29) is 18.5 Å². The molecule has 1 aromatic heterocycles. The smallest absolute Gasteiger partial charge is 0.340 e. The maximum absolute atomic E-state index is 12.4. The second-order valence-electron chi connectivity index (χ2n) is 5.13. The van der Waals surface area contributed by atoms with Crippen LogP contribution in [-0.2, 0) is 4.74 Å². The van der Waals surface area contributed by atoms with Crippen LogP contribution in [0.4, 0.5) is 11.6 Å². The molecule has 2 aromatic rings. The van der Waals surface area contributed by atoms with Crippen molar-refractivity contribution in [2.24, 2.45) is 0 Å². The van der Waals surface area contributed by atoms with E-state index in [9.17, 15) is 9.59 Å². The molecule has 1 N–H and O–H groups in total. The van der Waals surface area contributed by atoms with E-state index in [1.807, 2.05) is 13.8 Å². The summed E-state index contributed by atoms with van der Waals surface area (Å²) in [7, 11) is 0. The lowest BCUT2D eigenvalue weighted by Crippen LogP contribution is -2.31. The number of nitrogens with zero attached hydrogens (tertiary/aromatic N) is 3. The van der Waals surface area contributed by atoms with E-state index in [0.717, 1.165) is 0 Å². The highest BCUT2D eigenvalue weighted by Crippen LogP contribution is 2.19. The first-order chi connectivity index (χ1) is 12.1. The summed E-state index contributed by atoms with van der Waals surface area (Å²) >= 11 is 0. The van der Waals surface area contributed by atoms with Gasteiger partial charge in [-0.15, -0.1) is 0 Å². The fourth-order valence-electron chi connectivity index (χ4n) is 2.31. The minimum atomic E-state index is -0.430. The van der Waals surface area contributed by atoms with Gasteiger partial charge in [0.05, 0.1) is 17.9 Å². The zero-order valence-electron chi connectivity index (χ0n) is 14.7. The Morgan fingerprint density at radius 2 is 1.84 bits per heavy atom. The summed E-state index contributed by atoms with van der Waals surface area (Å²) in [5.41, 5.74) is 1.21. The van der Waals surface area contributed by atoms with Gasteiger partial charge in [-0.2, -0.15) is 0 Å². The molecule has 2 rings (SSSR count). The molecule has 0 aliphatic carbocycles. The van der Waals surface area contributed by atoms with Crippen LogP contribution in [0.25, 0.3) is 0 Å². The molecule has 7 heteroatoms. The molecule has 1 heterocycles. The first-order valence-electron chi connectivity index (χ1n) is 8.26. The number of hydrogen-bond donors (Lipinski definition) is 1. The lowest BCUT2D eigenvalue weighted by atomic mass is 10.2. The maximum Gasteiger partial charge on any atom is 0.340 e. The normalized spacial score (nSPS) is 10.2. The zero-order valence-corrected chi connectivity index (χ0v) is 14.7. The fourth-order valence-corrected chi connectivity index (χ4v) is 2.31. The number of carbonyl (C=O) groups excluding carboxylic acids is 2. The number of benzene rings is 1. The van der Waals surface area contributed by atoms with Gasteiger partial charge < -0.3 is 15.0 Å². The highest BCUT2D eigenvalue weighted by Gasteiger charge is 2.16. The Hall–Kier alpha value is -2.96. The summed E-state index contributed by atoms with van der Waals surface area (Å²) in [6.45, 7) is 7.08. The minimum Gasteiger partial charge on any atom is -0.462 e. The Morgan fingerprint density at radius 3 is 2.52 bits per heavy atom. The van der Waals surface area contributed by atoms with Crippen molar-refractivity contribution < 1.29 is 14.3 Å². The third kappa shape index (κ3) is 4.53. The number of nitrogens with one attached hydrogen (secondary N) is 1. The van der Waals surface area contributed by atoms with Gasteiger partial charge in [0.15, 0.2) is 0 Å². The number of esters is 1. The summed E-state index contributed by atoms with van der Waals surface area (Å²) in [6.07, 6.45) is 1.51. The van der Waals surface area contributed by atoms with Crippen LogP contribution in [0.3, 0.4) is 0 Å². The van der Waals surface area contributed by atoms with Crippen molar-refractivity contribution in [1.29, 1.82) is 0 Å². The predicted octanol–water partition coefficient (Wildman–Crippen LogP) is 2.88. The van der Waals surface area contributed by atoms with Crippen LogP contribution in [-0.4, -0.2) is 46.4 Å². The van der Waals surface area contributed by atoms with Crippen LogP contribution in [0.1, 0.15) is 41.6 Å². The second kappa shape index (κ2) is 8.77. The maximum atomic E-state index is 12.4. The van der Waals surface area contributed by atoms with Gasteiger partial charge >= 0.3 is 5.97 Å². The van der Waals surface area contributed by atoms with Crippen molar-refractivity contribution in [2.75, 3.05) is 25.0 Å². The highest BCUT2D eigenvalue weighted by molar-refractivity contribution is 5.96. The number of rotatable bonds is 7. The minimum absolute atomic E-state index is 0.158. The Balaban J connectivity index is 2.26. The molecule has 0 radical (unpaired) electrons. The number of ether oxygens (including phenoxy) is 1. The molecule has 1 aromatic carbocycles. The predicted molar refractivity (Wildman–Crippen MR) is 95.0 cm³/mol. The van der Waals surface area contributed by atoms with E-state index in [4.69, 9.17) is 4.74 Å². The third-order valence-electron chi connectivity index (χ3n) is 3.59. The van der Waals surface area contributed by atoms with Crippen LogP contribution >= 0.6 is 0 Å². The summed E-state index contributed by atoms with van der Waals surface area (Å²) in [6, 6.07) is 8.50. The number of anilines is 2. The molecule has 0 atom stereocenters. The van der Waals surface area contributed by atoms with E-state index < -0.39 is 5.97 Å². The Labute approximate surface area is 147 Å². The van der Waals surface area contributed by atoms with Crippen molar-refractivity contribution in [3.05, 3.63) is 47.8 Å². The van der Waals surface area contributed by atoms with Gasteiger partial charge in [0.25, 0.3) is 5.91 Å². The van der Waals surface area contributed by atoms with E-state index in [1.54, 1.807) is 42.2 Å². The van der Waals surface area contributed by atoms with Gasteiger partial charge in [0.1, 0.15) is 5.69 Å². The molecule has 0 unspecified atom stereocenters. The monoisotopic (exact) mass is 342 g/mol. The SMILES string of the molecule is CCOC(=O)c1ccccc1Nc1nccc(C(=O)N(CC)CC)n1. The molecule has 25 heavy (non-hydrogen) atoms. The van der Waals surface area contributed by atoms with Gasteiger partial charge in [0.2, 0.25) is 5.95 Å². The van der Waals surface area contributed by atoms with E-state index >= 15 is 0 Å². The molecular weight excluding hydrogens is 320 g/mol. The molecule has 1 amide bonds. The van der Waals surface area contributed by atoms with Crippen LogP contribution < -0.4 is 5.32 Å². The molecule has 132 valence electrons. The average molecular weight is 342 g/mol. The molecule has 0 aliphatic heterocycles. The van der Waals surface area contributed by atoms with E-state index in [0.29, 0.717) is 30.0 Å². The van der Waals surface area contributed by atoms with Gasteiger partial charge in [0, 0.05) is 19.3 Å². The quantitative estimate of drug-likeness (QED) is 0.779. The van der Waals surface area contributed by atoms with Crippen LogP contribution in [0.2, 0.25) is 0 Å². The van der Waals surface area contributed by atoms with Gasteiger partial charge in [-0.3, -0.25) is 4.79 Å². The summed E-state index contributed by atoms with van der Waals surface area (Å²) < 4.78 is 5.05. The van der Waals surface area contributed by atoms with E-state index in [1.165, 1.54) is 6.20 Å². The third-order valence-corrected chi connectivity index (χ3v) is 3.59. The van der Waals surface area contributed by atoms with E-state index in [2.05, 4.69) is 15.3 Å². The van der Waals surface area contributed by atoms with Gasteiger partial charge in [-0.25, -0.2) is 14.8 Å². The number of para-hydroxylation sites is 1. The fraction of sp³-hybridized carbons (Fsp3) is 0.333. The Bertz CT molecular complexity index is 745. The number of hydrogen-bond acceptors (Lipinski definition) is 6. The molecule has 0 spiro atoms. The van der Waals surface area contributed by atoms with Crippen molar-refractivity contribution >= 4 is 23.5 Å². The van der Waals surface area contributed by atoms with Crippen molar-refractivity contribution in [1.82, 2.24) is 14.9 Å². The Morgan fingerprint density at radius 1 is 1.12 bits per heavy atom. The summed E-state index contributed by atoms with van der Waals surface area (Å²) in [5, 5.41) is 2.99. The molecule has 0 aliphatic rings. The highest BCUT2D eigenvalue weighted by atomic mass is 16.5. The first-order valence-corrected chi connectivity index (χ1v) is 8.26. The first kappa shape index (κ1) is 18.4.